The van der Waals surface area contributed by atoms with Crippen LogP contribution in [0.3, 0.4) is 0 Å². The smallest absolute Gasteiger partial charge is 0.254 e. The van der Waals surface area contributed by atoms with Crippen molar-refractivity contribution in [2.75, 3.05) is 31.3 Å². The van der Waals surface area contributed by atoms with Gasteiger partial charge in [-0.2, -0.15) is 0 Å². The van der Waals surface area contributed by atoms with Crippen LogP contribution in [0.1, 0.15) is 39.2 Å². The second kappa shape index (κ2) is 10.1. The molecule has 0 spiro atoms. The lowest BCUT2D eigenvalue weighted by atomic mass is 9.95. The highest BCUT2D eigenvalue weighted by molar-refractivity contribution is 8.00. The predicted octanol–water partition coefficient (Wildman–Crippen LogP) is 4.04. The number of aryl methyl sites for hydroxylation is 2. The van der Waals surface area contributed by atoms with Gasteiger partial charge in [-0.1, -0.05) is 17.7 Å². The number of hydrogen-bond acceptors (Lipinski definition) is 5. The third-order valence-electron chi connectivity index (χ3n) is 4.60. The molecule has 2 amide bonds. The molecule has 0 saturated heterocycles. The molecule has 3 rings (SSSR count). The van der Waals surface area contributed by atoms with Crippen LogP contribution in [0, 0.1) is 6.92 Å². The number of thioether (sulfide) groups is 1. The first-order chi connectivity index (χ1) is 13.6. The van der Waals surface area contributed by atoms with Crippen LogP contribution in [0.15, 0.2) is 29.2 Å². The fourth-order valence-electron chi connectivity index (χ4n) is 3.27. The number of carbonyl (C=O) groups is 2. The Hall–Kier alpha value is -1.83. The quantitative estimate of drug-likeness (QED) is 0.501. The van der Waals surface area contributed by atoms with Crippen LogP contribution in [0.2, 0.25) is 0 Å². The average molecular weight is 419 g/mol. The Morgan fingerprint density at radius 2 is 2.07 bits per heavy atom. The third-order valence-corrected chi connectivity index (χ3v) is 6.80. The van der Waals surface area contributed by atoms with Crippen LogP contribution < -0.4 is 10.6 Å². The summed E-state index contributed by atoms with van der Waals surface area (Å²) in [7, 11) is 1.61. The van der Waals surface area contributed by atoms with Gasteiger partial charge in [0.15, 0.2) is 0 Å². The van der Waals surface area contributed by atoms with Gasteiger partial charge in [-0.25, -0.2) is 0 Å². The normalized spacial score (nSPS) is 13.1. The Morgan fingerprint density at radius 1 is 1.25 bits per heavy atom. The van der Waals surface area contributed by atoms with E-state index in [2.05, 4.69) is 16.7 Å². The lowest BCUT2D eigenvalue weighted by molar-refractivity contribution is -0.113. The molecule has 150 valence electrons. The monoisotopic (exact) mass is 418 g/mol. The summed E-state index contributed by atoms with van der Waals surface area (Å²) in [5, 5.41) is 6.57. The predicted molar refractivity (Wildman–Crippen MR) is 116 cm³/mol. The molecule has 0 radical (unpaired) electrons. The summed E-state index contributed by atoms with van der Waals surface area (Å²) < 4.78 is 5.01. The van der Waals surface area contributed by atoms with Gasteiger partial charge in [0.1, 0.15) is 5.00 Å². The van der Waals surface area contributed by atoms with Gasteiger partial charge in [-0.3, -0.25) is 9.59 Å². The fourth-order valence-corrected chi connectivity index (χ4v) is 5.38. The number of ether oxygens (including phenoxy) is 1. The van der Waals surface area contributed by atoms with Gasteiger partial charge < -0.3 is 15.4 Å². The van der Waals surface area contributed by atoms with Crippen molar-refractivity contribution < 1.29 is 14.3 Å². The summed E-state index contributed by atoms with van der Waals surface area (Å²) in [6.07, 6.45) is 4.09. The van der Waals surface area contributed by atoms with Gasteiger partial charge in [0.2, 0.25) is 5.91 Å². The van der Waals surface area contributed by atoms with Crippen molar-refractivity contribution in [3.05, 3.63) is 45.8 Å². The number of fused-ring (bicyclic) bond motifs is 1. The van der Waals surface area contributed by atoms with Gasteiger partial charge in [-0.15, -0.1) is 23.1 Å². The Balaban J connectivity index is 1.70. The van der Waals surface area contributed by atoms with Crippen molar-refractivity contribution in [1.29, 1.82) is 0 Å². The molecule has 1 heterocycles. The Kier molecular flexibility index (Phi) is 7.53. The summed E-state index contributed by atoms with van der Waals surface area (Å²) >= 11 is 3.05. The molecule has 1 aromatic heterocycles. The second-order valence-electron chi connectivity index (χ2n) is 6.82. The maximum atomic E-state index is 12.8. The maximum absolute atomic E-state index is 12.8. The van der Waals surface area contributed by atoms with Crippen LogP contribution in [0.4, 0.5) is 5.00 Å². The van der Waals surface area contributed by atoms with E-state index in [4.69, 9.17) is 4.74 Å². The topological polar surface area (TPSA) is 67.4 Å². The van der Waals surface area contributed by atoms with Crippen molar-refractivity contribution in [3.63, 3.8) is 0 Å². The highest BCUT2D eigenvalue weighted by atomic mass is 32.2. The van der Waals surface area contributed by atoms with E-state index in [1.807, 2.05) is 25.1 Å². The van der Waals surface area contributed by atoms with Crippen molar-refractivity contribution in [2.24, 2.45) is 0 Å². The van der Waals surface area contributed by atoms with E-state index in [-0.39, 0.29) is 11.8 Å². The van der Waals surface area contributed by atoms with E-state index >= 15 is 0 Å². The highest BCUT2D eigenvalue weighted by Gasteiger charge is 2.26. The van der Waals surface area contributed by atoms with Crippen molar-refractivity contribution in [1.82, 2.24) is 5.32 Å². The van der Waals surface area contributed by atoms with Crippen LogP contribution in [0.5, 0.6) is 0 Å². The summed E-state index contributed by atoms with van der Waals surface area (Å²) in [5.74, 6) is 0.102. The number of benzene rings is 1. The zero-order chi connectivity index (χ0) is 19.9. The van der Waals surface area contributed by atoms with E-state index in [0.29, 0.717) is 29.5 Å². The summed E-state index contributed by atoms with van der Waals surface area (Å²) in [6.45, 7) is 2.96. The van der Waals surface area contributed by atoms with Crippen LogP contribution in [-0.2, 0) is 22.4 Å². The standard InChI is InChI=1S/C21H26N2O3S2/c1-14-6-5-7-15(12-14)27-13-18(24)23-21-19(20(25)22-10-11-26-2)16-8-3-4-9-17(16)28-21/h5-7,12H,3-4,8-11,13H2,1-2H3,(H,22,25)(H,23,24). The van der Waals surface area contributed by atoms with Gasteiger partial charge in [0.25, 0.3) is 5.91 Å². The van der Waals surface area contributed by atoms with Crippen LogP contribution in [-0.4, -0.2) is 37.8 Å². The number of nitrogens with one attached hydrogen (secondary N) is 2. The van der Waals surface area contributed by atoms with E-state index < -0.39 is 0 Å². The number of anilines is 1. The largest absolute Gasteiger partial charge is 0.383 e. The first kappa shape index (κ1) is 20.9. The van der Waals surface area contributed by atoms with E-state index in [1.165, 1.54) is 22.2 Å². The number of rotatable bonds is 8. The average Bonchev–Trinajstić information content (AvgIpc) is 3.04. The van der Waals surface area contributed by atoms with Crippen molar-refractivity contribution in [3.8, 4) is 0 Å². The molecular weight excluding hydrogens is 392 g/mol. The number of amides is 2. The molecule has 0 bridgehead atoms. The Morgan fingerprint density at radius 3 is 2.86 bits per heavy atom. The molecule has 7 heteroatoms. The van der Waals surface area contributed by atoms with Gasteiger partial charge in [-0.05, 0) is 50.3 Å². The number of carbonyl (C=O) groups excluding carboxylic acids is 2. The molecule has 1 aliphatic carbocycles. The van der Waals surface area contributed by atoms with E-state index in [9.17, 15) is 9.59 Å². The number of hydrogen-bond donors (Lipinski definition) is 2. The SMILES string of the molecule is COCCNC(=O)c1c(NC(=O)CSc2cccc(C)c2)sc2c1CCCC2. The Bertz CT molecular complexity index is 848. The molecule has 28 heavy (non-hydrogen) atoms. The van der Waals surface area contributed by atoms with Crippen molar-refractivity contribution in [2.45, 2.75) is 37.5 Å². The summed E-state index contributed by atoms with van der Waals surface area (Å²) in [4.78, 5) is 27.6. The lowest BCUT2D eigenvalue weighted by Crippen LogP contribution is -2.29. The van der Waals surface area contributed by atoms with E-state index in [0.717, 1.165) is 36.1 Å². The van der Waals surface area contributed by atoms with Crippen LogP contribution in [0.25, 0.3) is 0 Å². The molecule has 0 unspecified atom stereocenters. The minimum atomic E-state index is -0.127. The van der Waals surface area contributed by atoms with Crippen molar-refractivity contribution >= 4 is 39.9 Å². The highest BCUT2D eigenvalue weighted by Crippen LogP contribution is 2.38. The van der Waals surface area contributed by atoms with Gasteiger partial charge >= 0.3 is 0 Å². The first-order valence-corrected chi connectivity index (χ1v) is 11.3. The minimum absolute atomic E-state index is 0.0870. The number of methoxy groups -OCH3 is 1. The van der Waals surface area contributed by atoms with Gasteiger partial charge in [0, 0.05) is 23.4 Å². The molecule has 0 aliphatic heterocycles. The van der Waals surface area contributed by atoms with Gasteiger partial charge in [0.05, 0.1) is 17.9 Å². The third kappa shape index (κ3) is 5.37. The summed E-state index contributed by atoms with van der Waals surface area (Å²) in [5.41, 5.74) is 2.92. The summed E-state index contributed by atoms with van der Waals surface area (Å²) in [6, 6.07) is 8.10. The first-order valence-electron chi connectivity index (χ1n) is 9.49. The maximum Gasteiger partial charge on any atom is 0.254 e. The molecule has 2 N–H and O–H groups in total. The number of thiophene rings is 1. The molecule has 0 atom stereocenters. The molecule has 0 saturated carbocycles. The zero-order valence-electron chi connectivity index (χ0n) is 16.3. The van der Waals surface area contributed by atoms with Crippen LogP contribution >= 0.6 is 23.1 Å². The second-order valence-corrected chi connectivity index (χ2v) is 8.97. The molecule has 0 fully saturated rings. The zero-order valence-corrected chi connectivity index (χ0v) is 17.9. The molecule has 5 nitrogen and oxygen atoms in total. The molecule has 1 aromatic carbocycles. The van der Waals surface area contributed by atoms with E-state index in [1.54, 1.807) is 18.4 Å². The minimum Gasteiger partial charge on any atom is -0.383 e. The molecule has 1 aliphatic rings. The lowest BCUT2D eigenvalue weighted by Gasteiger charge is -2.13. The fraction of sp³-hybridized carbons (Fsp3) is 0.429. The molecule has 2 aromatic rings. The molecular formula is C21H26N2O3S2. The Labute approximate surface area is 174 Å².